The molecule has 26 heavy (non-hydrogen) atoms. The number of aryl methyl sites for hydroxylation is 1. The largest absolute Gasteiger partial charge is 0.462 e. The van der Waals surface area contributed by atoms with Gasteiger partial charge in [-0.25, -0.2) is 4.79 Å². The first kappa shape index (κ1) is 19.8. The number of carbonyl (C=O) groups excluding carboxylic acids is 2. The van der Waals surface area contributed by atoms with Crippen LogP contribution in [0.1, 0.15) is 33.3 Å². The molecule has 2 N–H and O–H groups in total. The van der Waals surface area contributed by atoms with Crippen LogP contribution in [0.15, 0.2) is 36.4 Å². The minimum absolute atomic E-state index is 0.125. The van der Waals surface area contributed by atoms with E-state index in [2.05, 4.69) is 10.6 Å². The van der Waals surface area contributed by atoms with Gasteiger partial charge in [-0.2, -0.15) is 0 Å². The van der Waals surface area contributed by atoms with E-state index in [9.17, 15) is 9.59 Å². The quantitative estimate of drug-likeness (QED) is 0.459. The number of amides is 1. The molecule has 0 fully saturated rings. The molecule has 7 heteroatoms. The summed E-state index contributed by atoms with van der Waals surface area (Å²) >= 11 is 6.58. The molecule has 0 atom stereocenters. The standard InChI is InChI=1S/C19H20N2O3S2/c1-4-24-18(23)16-12(2)13(3)26-17(16)21-19(25)20-15(22)11-10-14-8-6-5-7-9-14/h5-11H,4H2,1-3H3,(H2,20,21,22,25)/b11-10+. The van der Waals surface area contributed by atoms with Gasteiger partial charge in [-0.1, -0.05) is 30.3 Å². The van der Waals surface area contributed by atoms with Gasteiger partial charge in [0.25, 0.3) is 0 Å². The fraction of sp³-hybridized carbons (Fsp3) is 0.211. The first-order valence-electron chi connectivity index (χ1n) is 8.04. The summed E-state index contributed by atoms with van der Waals surface area (Å²) in [5, 5.41) is 6.19. The Morgan fingerprint density at radius 1 is 1.23 bits per heavy atom. The van der Waals surface area contributed by atoms with E-state index in [0.717, 1.165) is 16.0 Å². The Hall–Kier alpha value is -2.51. The Morgan fingerprint density at radius 3 is 2.58 bits per heavy atom. The van der Waals surface area contributed by atoms with Gasteiger partial charge in [0.1, 0.15) is 5.00 Å². The number of hydrogen-bond donors (Lipinski definition) is 2. The third-order valence-electron chi connectivity index (χ3n) is 3.56. The lowest BCUT2D eigenvalue weighted by atomic mass is 10.1. The molecule has 1 aromatic heterocycles. The van der Waals surface area contributed by atoms with Crippen molar-refractivity contribution in [3.05, 3.63) is 58.0 Å². The molecule has 5 nitrogen and oxygen atoms in total. The Balaban J connectivity index is 2.03. The second-order valence-electron chi connectivity index (χ2n) is 5.40. The summed E-state index contributed by atoms with van der Waals surface area (Å²) < 4.78 is 5.10. The van der Waals surface area contributed by atoms with Crippen LogP contribution in [-0.2, 0) is 9.53 Å². The summed E-state index contributed by atoms with van der Waals surface area (Å²) in [6, 6.07) is 9.47. The number of thiocarbonyl (C=S) groups is 1. The van der Waals surface area contributed by atoms with Crippen LogP contribution in [0, 0.1) is 13.8 Å². The van der Waals surface area contributed by atoms with Crippen molar-refractivity contribution in [2.75, 3.05) is 11.9 Å². The highest BCUT2D eigenvalue weighted by atomic mass is 32.1. The summed E-state index contributed by atoms with van der Waals surface area (Å²) in [6.07, 6.45) is 3.10. The van der Waals surface area contributed by atoms with E-state index in [4.69, 9.17) is 17.0 Å². The number of nitrogens with one attached hydrogen (secondary N) is 2. The third kappa shape index (κ3) is 5.24. The number of anilines is 1. The highest BCUT2D eigenvalue weighted by Crippen LogP contribution is 2.32. The topological polar surface area (TPSA) is 67.4 Å². The van der Waals surface area contributed by atoms with Crippen molar-refractivity contribution in [2.24, 2.45) is 0 Å². The van der Waals surface area contributed by atoms with Crippen molar-refractivity contribution >= 4 is 51.6 Å². The number of benzene rings is 1. The van der Waals surface area contributed by atoms with Crippen molar-refractivity contribution in [2.45, 2.75) is 20.8 Å². The minimum atomic E-state index is -0.407. The Labute approximate surface area is 162 Å². The molecule has 136 valence electrons. The van der Waals surface area contributed by atoms with E-state index in [-0.39, 0.29) is 17.6 Å². The SMILES string of the molecule is CCOC(=O)c1c(NC(=S)NC(=O)/C=C/c2ccccc2)sc(C)c1C. The molecule has 0 saturated carbocycles. The average molecular weight is 389 g/mol. The van der Waals surface area contributed by atoms with Crippen LogP contribution in [-0.4, -0.2) is 23.6 Å². The first-order valence-corrected chi connectivity index (χ1v) is 9.27. The lowest BCUT2D eigenvalue weighted by Crippen LogP contribution is -2.33. The molecule has 0 spiro atoms. The van der Waals surface area contributed by atoms with Gasteiger partial charge in [0.15, 0.2) is 5.11 Å². The number of hydrogen-bond acceptors (Lipinski definition) is 5. The maximum absolute atomic E-state index is 12.2. The lowest BCUT2D eigenvalue weighted by Gasteiger charge is -2.09. The van der Waals surface area contributed by atoms with Gasteiger partial charge in [0.2, 0.25) is 5.91 Å². The van der Waals surface area contributed by atoms with Crippen LogP contribution in [0.5, 0.6) is 0 Å². The van der Waals surface area contributed by atoms with Crippen LogP contribution in [0.25, 0.3) is 6.08 Å². The van der Waals surface area contributed by atoms with E-state index in [1.54, 1.807) is 13.0 Å². The number of ether oxygens (including phenoxy) is 1. The van der Waals surface area contributed by atoms with Crippen molar-refractivity contribution in [1.82, 2.24) is 5.32 Å². The molecule has 1 aromatic carbocycles. The van der Waals surface area contributed by atoms with E-state index in [1.807, 2.05) is 44.2 Å². The van der Waals surface area contributed by atoms with E-state index < -0.39 is 5.97 Å². The Bertz CT molecular complexity index is 842. The van der Waals surface area contributed by atoms with Crippen LogP contribution >= 0.6 is 23.6 Å². The molecular weight excluding hydrogens is 368 g/mol. The van der Waals surface area contributed by atoms with Gasteiger partial charge in [0, 0.05) is 11.0 Å². The zero-order chi connectivity index (χ0) is 19.1. The molecule has 1 amide bonds. The van der Waals surface area contributed by atoms with Gasteiger partial charge in [-0.3, -0.25) is 10.1 Å². The molecular formula is C19H20N2O3S2. The molecule has 0 unspecified atom stereocenters. The molecule has 0 aliphatic carbocycles. The molecule has 0 bridgehead atoms. The predicted molar refractivity (Wildman–Crippen MR) is 110 cm³/mol. The molecule has 0 radical (unpaired) electrons. The summed E-state index contributed by atoms with van der Waals surface area (Å²) in [5.74, 6) is -0.760. The van der Waals surface area contributed by atoms with Crippen LogP contribution in [0.3, 0.4) is 0 Å². The van der Waals surface area contributed by atoms with E-state index in [1.165, 1.54) is 17.4 Å². The molecule has 0 aliphatic heterocycles. The highest BCUT2D eigenvalue weighted by Gasteiger charge is 2.21. The molecule has 0 aliphatic rings. The number of carbonyl (C=O) groups is 2. The Morgan fingerprint density at radius 2 is 1.92 bits per heavy atom. The average Bonchev–Trinajstić information content (AvgIpc) is 2.88. The maximum atomic E-state index is 12.2. The lowest BCUT2D eigenvalue weighted by molar-refractivity contribution is -0.115. The zero-order valence-electron chi connectivity index (χ0n) is 14.8. The van der Waals surface area contributed by atoms with Gasteiger partial charge in [-0.05, 0) is 50.2 Å². The van der Waals surface area contributed by atoms with Crippen LogP contribution in [0.2, 0.25) is 0 Å². The fourth-order valence-electron chi connectivity index (χ4n) is 2.19. The monoisotopic (exact) mass is 388 g/mol. The number of thiophene rings is 1. The second kappa shape index (κ2) is 9.26. The zero-order valence-corrected chi connectivity index (χ0v) is 16.4. The van der Waals surface area contributed by atoms with Crippen molar-refractivity contribution in [3.63, 3.8) is 0 Å². The summed E-state index contributed by atoms with van der Waals surface area (Å²) in [4.78, 5) is 25.1. The van der Waals surface area contributed by atoms with E-state index in [0.29, 0.717) is 10.6 Å². The number of esters is 1. The summed E-state index contributed by atoms with van der Waals surface area (Å²) in [5.41, 5.74) is 2.20. The van der Waals surface area contributed by atoms with Crippen molar-refractivity contribution < 1.29 is 14.3 Å². The highest BCUT2D eigenvalue weighted by molar-refractivity contribution is 7.80. The van der Waals surface area contributed by atoms with Crippen LogP contribution < -0.4 is 10.6 Å². The van der Waals surface area contributed by atoms with Gasteiger partial charge in [-0.15, -0.1) is 11.3 Å². The van der Waals surface area contributed by atoms with E-state index >= 15 is 0 Å². The summed E-state index contributed by atoms with van der Waals surface area (Å²) in [6.45, 7) is 5.81. The molecule has 2 aromatic rings. The minimum Gasteiger partial charge on any atom is -0.462 e. The maximum Gasteiger partial charge on any atom is 0.341 e. The number of rotatable bonds is 5. The Kier molecular flexibility index (Phi) is 7.06. The smallest absolute Gasteiger partial charge is 0.341 e. The van der Waals surface area contributed by atoms with Gasteiger partial charge >= 0.3 is 5.97 Å². The second-order valence-corrected chi connectivity index (χ2v) is 7.03. The summed E-state index contributed by atoms with van der Waals surface area (Å²) in [7, 11) is 0. The predicted octanol–water partition coefficient (Wildman–Crippen LogP) is 4.07. The van der Waals surface area contributed by atoms with Crippen molar-refractivity contribution in [3.8, 4) is 0 Å². The van der Waals surface area contributed by atoms with Gasteiger partial charge in [0.05, 0.1) is 12.2 Å². The normalized spacial score (nSPS) is 10.6. The molecule has 2 rings (SSSR count). The van der Waals surface area contributed by atoms with Gasteiger partial charge < -0.3 is 10.1 Å². The fourth-order valence-corrected chi connectivity index (χ4v) is 3.51. The molecule has 0 saturated heterocycles. The molecule has 1 heterocycles. The van der Waals surface area contributed by atoms with Crippen LogP contribution in [0.4, 0.5) is 5.00 Å². The third-order valence-corrected chi connectivity index (χ3v) is 4.88. The first-order chi connectivity index (χ1) is 12.4. The van der Waals surface area contributed by atoms with Crippen molar-refractivity contribution in [1.29, 1.82) is 0 Å².